The number of aromatic nitrogens is 3. The summed E-state index contributed by atoms with van der Waals surface area (Å²) in [5.41, 5.74) is 0.604. The van der Waals surface area contributed by atoms with Crippen LogP contribution in [0.15, 0.2) is 35.4 Å². The van der Waals surface area contributed by atoms with Crippen molar-refractivity contribution in [3.8, 4) is 0 Å². The number of carbonyl (C=O) groups is 1. The van der Waals surface area contributed by atoms with Crippen LogP contribution in [0.3, 0.4) is 0 Å². The molecule has 2 aromatic rings. The lowest BCUT2D eigenvalue weighted by Gasteiger charge is -2.16. The van der Waals surface area contributed by atoms with Crippen molar-refractivity contribution >= 4 is 23.4 Å². The Kier molecular flexibility index (Phi) is 7.95. The Balaban J connectivity index is 1.94. The van der Waals surface area contributed by atoms with Gasteiger partial charge in [0.05, 0.1) is 12.7 Å². The van der Waals surface area contributed by atoms with Gasteiger partial charge >= 0.3 is 0 Å². The number of ether oxygens (including phenoxy) is 2. The monoisotopic (exact) mass is 386 g/mol. The lowest BCUT2D eigenvalue weighted by molar-refractivity contribution is -0.145. The number of nitrogens with one attached hydrogen (secondary N) is 1. The molecular weight excluding hydrogens is 366 g/mol. The number of thioether (sulfide) groups is 1. The zero-order valence-electron chi connectivity index (χ0n) is 14.4. The Morgan fingerprint density at radius 1 is 1.23 bits per heavy atom. The normalized spacial score (nSPS) is 11.3. The van der Waals surface area contributed by atoms with E-state index in [0.717, 1.165) is 0 Å². The van der Waals surface area contributed by atoms with Crippen LogP contribution in [0.25, 0.3) is 0 Å². The van der Waals surface area contributed by atoms with E-state index in [2.05, 4.69) is 15.6 Å². The molecule has 142 valence electrons. The molecular formula is C16H20F2N4O3S. The molecule has 2 rings (SSSR count). The predicted molar refractivity (Wildman–Crippen MR) is 93.3 cm³/mol. The van der Waals surface area contributed by atoms with Crippen LogP contribution in [0.4, 0.5) is 14.5 Å². The number of alkyl halides is 2. The van der Waals surface area contributed by atoms with Crippen molar-refractivity contribution in [2.45, 2.75) is 37.3 Å². The summed E-state index contributed by atoms with van der Waals surface area (Å²) in [7, 11) is 0. The van der Waals surface area contributed by atoms with Crippen LogP contribution in [0.2, 0.25) is 0 Å². The van der Waals surface area contributed by atoms with E-state index in [4.69, 9.17) is 9.47 Å². The Morgan fingerprint density at radius 2 is 1.88 bits per heavy atom. The lowest BCUT2D eigenvalue weighted by Crippen LogP contribution is -2.24. The smallest absolute Gasteiger partial charge is 0.288 e. The summed E-state index contributed by atoms with van der Waals surface area (Å²) in [5, 5.41) is 10.4. The minimum absolute atomic E-state index is 0.128. The van der Waals surface area contributed by atoms with E-state index in [1.165, 1.54) is 23.0 Å². The van der Waals surface area contributed by atoms with Crippen LogP contribution in [-0.2, 0) is 16.0 Å². The van der Waals surface area contributed by atoms with Crippen molar-refractivity contribution in [2.75, 3.05) is 18.5 Å². The molecule has 10 heteroatoms. The molecule has 0 bridgehead atoms. The second kappa shape index (κ2) is 10.2. The Hall–Kier alpha value is -2.04. The van der Waals surface area contributed by atoms with E-state index in [-0.39, 0.29) is 5.69 Å². The summed E-state index contributed by atoms with van der Waals surface area (Å²) in [4.78, 5) is 12.6. The second-order valence-corrected chi connectivity index (χ2v) is 6.09. The van der Waals surface area contributed by atoms with E-state index in [1.54, 1.807) is 12.1 Å². The fourth-order valence-electron chi connectivity index (χ4n) is 2.08. The van der Waals surface area contributed by atoms with Gasteiger partial charge in [-0.2, -0.15) is 8.78 Å². The number of nitrogens with zero attached hydrogens (tertiary/aromatic N) is 3. The maximum Gasteiger partial charge on any atom is 0.288 e. The summed E-state index contributed by atoms with van der Waals surface area (Å²) >= 11 is 0.444. The molecule has 0 unspecified atom stereocenters. The molecule has 0 radical (unpaired) electrons. The van der Waals surface area contributed by atoms with Gasteiger partial charge in [-0.1, -0.05) is 17.0 Å². The Morgan fingerprint density at radius 3 is 2.46 bits per heavy atom. The van der Waals surface area contributed by atoms with Crippen molar-refractivity contribution in [1.82, 2.24) is 15.0 Å². The molecule has 1 aromatic carbocycles. The van der Waals surface area contributed by atoms with Gasteiger partial charge in [0.1, 0.15) is 0 Å². The Bertz CT molecular complexity index is 691. The molecule has 0 aliphatic carbocycles. The molecule has 1 N–H and O–H groups in total. The molecule has 7 nitrogen and oxygen atoms in total. The zero-order valence-corrected chi connectivity index (χ0v) is 15.2. The van der Waals surface area contributed by atoms with Crippen LogP contribution in [0.5, 0.6) is 0 Å². The topological polar surface area (TPSA) is 78.3 Å². The SMILES string of the molecule is CCOC(Cn1cc(C(=O)Nc2ccc(SC(F)F)cc2)nn1)OCC. The molecule has 0 saturated heterocycles. The largest absolute Gasteiger partial charge is 0.351 e. The van der Waals surface area contributed by atoms with Gasteiger partial charge in [0.25, 0.3) is 11.7 Å². The molecule has 0 atom stereocenters. The maximum atomic E-state index is 12.3. The van der Waals surface area contributed by atoms with E-state index in [9.17, 15) is 13.6 Å². The van der Waals surface area contributed by atoms with Gasteiger partial charge in [-0.15, -0.1) is 5.10 Å². The molecule has 26 heavy (non-hydrogen) atoms. The summed E-state index contributed by atoms with van der Waals surface area (Å²) in [5.74, 6) is -2.93. The molecule has 1 aromatic heterocycles. The second-order valence-electron chi connectivity index (χ2n) is 5.02. The first-order valence-corrected chi connectivity index (χ1v) is 8.89. The number of anilines is 1. The highest BCUT2D eigenvalue weighted by atomic mass is 32.2. The number of carbonyl (C=O) groups excluding carboxylic acids is 1. The van der Waals surface area contributed by atoms with E-state index < -0.39 is 18.0 Å². The number of rotatable bonds is 10. The highest BCUT2D eigenvalue weighted by Gasteiger charge is 2.15. The minimum Gasteiger partial charge on any atom is -0.351 e. The standard InChI is InChI=1S/C16H20F2N4O3S/c1-3-24-14(25-4-2)10-22-9-13(20-21-22)15(23)19-11-5-7-12(8-6-11)26-16(17)18/h5-9,14,16H,3-4,10H2,1-2H3,(H,19,23). The van der Waals surface area contributed by atoms with Gasteiger partial charge < -0.3 is 14.8 Å². The number of hydrogen-bond acceptors (Lipinski definition) is 6. The molecule has 0 spiro atoms. The van der Waals surface area contributed by atoms with Crippen molar-refractivity contribution in [2.24, 2.45) is 0 Å². The van der Waals surface area contributed by atoms with Crippen LogP contribution >= 0.6 is 11.8 Å². The van der Waals surface area contributed by atoms with Crippen molar-refractivity contribution < 1.29 is 23.0 Å². The number of hydrogen-bond donors (Lipinski definition) is 1. The Labute approximate surface area is 154 Å². The third-order valence-corrected chi connectivity index (χ3v) is 3.87. The van der Waals surface area contributed by atoms with Gasteiger partial charge in [-0.3, -0.25) is 4.79 Å². The molecule has 0 saturated carbocycles. The van der Waals surface area contributed by atoms with E-state index >= 15 is 0 Å². The fraction of sp³-hybridized carbons (Fsp3) is 0.438. The first-order valence-electron chi connectivity index (χ1n) is 8.01. The van der Waals surface area contributed by atoms with Crippen LogP contribution in [-0.4, -0.2) is 46.2 Å². The van der Waals surface area contributed by atoms with Gasteiger partial charge in [-0.25, -0.2) is 4.68 Å². The zero-order chi connectivity index (χ0) is 18.9. The average molecular weight is 386 g/mol. The van der Waals surface area contributed by atoms with Crippen molar-refractivity contribution in [3.63, 3.8) is 0 Å². The number of halogens is 2. The van der Waals surface area contributed by atoms with Gasteiger partial charge in [0, 0.05) is 23.8 Å². The summed E-state index contributed by atoms with van der Waals surface area (Å²) < 4.78 is 36.9. The van der Waals surface area contributed by atoms with Gasteiger partial charge in [0.2, 0.25) is 0 Å². The van der Waals surface area contributed by atoms with Crippen molar-refractivity contribution in [1.29, 1.82) is 0 Å². The van der Waals surface area contributed by atoms with Crippen LogP contribution in [0.1, 0.15) is 24.3 Å². The quantitative estimate of drug-likeness (QED) is 0.499. The third kappa shape index (κ3) is 6.36. The predicted octanol–water partition coefficient (Wildman–Crippen LogP) is 3.24. The van der Waals surface area contributed by atoms with Crippen LogP contribution < -0.4 is 5.32 Å². The van der Waals surface area contributed by atoms with Crippen LogP contribution in [0, 0.1) is 0 Å². The molecule has 1 amide bonds. The van der Waals surface area contributed by atoms with E-state index in [0.29, 0.717) is 42.1 Å². The summed E-state index contributed by atoms with van der Waals surface area (Å²) in [6.45, 7) is 5.01. The minimum atomic E-state index is -2.48. The summed E-state index contributed by atoms with van der Waals surface area (Å²) in [6.07, 6.45) is 1.02. The lowest BCUT2D eigenvalue weighted by atomic mass is 10.3. The average Bonchev–Trinajstić information content (AvgIpc) is 3.05. The fourth-order valence-corrected chi connectivity index (χ4v) is 2.58. The first-order chi connectivity index (χ1) is 12.5. The molecule has 1 heterocycles. The molecule has 0 aliphatic heterocycles. The van der Waals surface area contributed by atoms with Gasteiger partial charge in [-0.05, 0) is 38.1 Å². The van der Waals surface area contributed by atoms with Crippen molar-refractivity contribution in [3.05, 3.63) is 36.2 Å². The summed E-state index contributed by atoms with van der Waals surface area (Å²) in [6, 6.07) is 6.12. The highest BCUT2D eigenvalue weighted by Crippen LogP contribution is 2.26. The first kappa shape index (κ1) is 20.3. The number of benzene rings is 1. The maximum absolute atomic E-state index is 12.3. The molecule has 0 aliphatic rings. The third-order valence-electron chi connectivity index (χ3n) is 3.15. The highest BCUT2D eigenvalue weighted by molar-refractivity contribution is 7.99. The van der Waals surface area contributed by atoms with E-state index in [1.807, 2.05) is 13.8 Å². The number of amides is 1. The van der Waals surface area contributed by atoms with Gasteiger partial charge in [0.15, 0.2) is 12.0 Å². The molecule has 0 fully saturated rings.